The number of rotatable bonds is 12. The van der Waals surface area contributed by atoms with Gasteiger partial charge in [-0.2, -0.15) is 0 Å². The summed E-state index contributed by atoms with van der Waals surface area (Å²) in [5.74, 6) is 0.832. The number of fused-ring (bicyclic) bond motifs is 1. The van der Waals surface area contributed by atoms with Gasteiger partial charge in [0.25, 0.3) is 16.6 Å². The van der Waals surface area contributed by atoms with Gasteiger partial charge in [0.05, 0.1) is 12.5 Å². The molecule has 2 saturated carbocycles. The maximum absolute atomic E-state index is 12.9. The fraction of sp³-hybridized carbons (Fsp3) is 0.479. The molecule has 0 spiro atoms. The number of ether oxygens (including phenoxy) is 1. The zero-order valence-corrected chi connectivity index (χ0v) is 35.5. The SMILES string of the molecule is CC(C)(C)[Si](OC1C[C@@H]2OC(=O)CC2C1CC[C@@H](O[Si](c1ccccc1)(c1ccccc1)C(C)(C)C)C1CCCCC1)(c1ccccc1)c1ccccc1. The molecule has 0 bridgehead atoms. The lowest BCUT2D eigenvalue weighted by Gasteiger charge is -2.48. The van der Waals surface area contributed by atoms with E-state index in [0.29, 0.717) is 12.3 Å². The van der Waals surface area contributed by atoms with Gasteiger partial charge >= 0.3 is 5.97 Å². The molecule has 7 rings (SSSR count). The fourth-order valence-electron chi connectivity index (χ4n) is 10.6. The summed E-state index contributed by atoms with van der Waals surface area (Å²) >= 11 is 0. The molecule has 0 aromatic heterocycles. The van der Waals surface area contributed by atoms with E-state index in [4.69, 9.17) is 13.6 Å². The Morgan fingerprint density at radius 1 is 0.648 bits per heavy atom. The van der Waals surface area contributed by atoms with E-state index in [0.717, 1.165) is 19.3 Å². The molecule has 3 aliphatic rings. The number of hydrogen-bond donors (Lipinski definition) is 0. The number of benzene rings is 4. The lowest BCUT2D eigenvalue weighted by Crippen LogP contribution is -2.68. The summed E-state index contributed by atoms with van der Waals surface area (Å²) < 4.78 is 22.0. The Balaban J connectivity index is 1.28. The molecule has 286 valence electrons. The van der Waals surface area contributed by atoms with E-state index in [1.54, 1.807) is 0 Å². The van der Waals surface area contributed by atoms with Crippen molar-refractivity contribution in [2.24, 2.45) is 17.8 Å². The first-order chi connectivity index (χ1) is 25.9. The van der Waals surface area contributed by atoms with Crippen LogP contribution in [-0.2, 0) is 18.4 Å². The summed E-state index contributed by atoms with van der Waals surface area (Å²) in [6.45, 7) is 14.3. The van der Waals surface area contributed by atoms with Crippen LogP contribution in [0.1, 0.15) is 99.3 Å². The van der Waals surface area contributed by atoms with Gasteiger partial charge in [-0.15, -0.1) is 0 Å². The van der Waals surface area contributed by atoms with Gasteiger partial charge in [0.15, 0.2) is 0 Å². The Labute approximate surface area is 327 Å². The van der Waals surface area contributed by atoms with E-state index in [1.807, 2.05) is 0 Å². The summed E-state index contributed by atoms with van der Waals surface area (Å²) in [5, 5.41) is 5.05. The van der Waals surface area contributed by atoms with Crippen LogP contribution in [0.15, 0.2) is 121 Å². The molecule has 3 fully saturated rings. The van der Waals surface area contributed by atoms with Crippen LogP contribution in [0.5, 0.6) is 0 Å². The normalized spacial score (nSPS) is 23.2. The van der Waals surface area contributed by atoms with E-state index in [9.17, 15) is 4.79 Å². The first-order valence-electron chi connectivity index (χ1n) is 20.7. The first kappa shape index (κ1) is 39.0. The molecule has 4 aromatic carbocycles. The molecule has 5 atom stereocenters. The predicted molar refractivity (Wildman–Crippen MR) is 227 cm³/mol. The quantitative estimate of drug-likeness (QED) is 0.107. The predicted octanol–water partition coefficient (Wildman–Crippen LogP) is 9.19. The van der Waals surface area contributed by atoms with Gasteiger partial charge in [-0.1, -0.05) is 182 Å². The van der Waals surface area contributed by atoms with Gasteiger partial charge in [-0.3, -0.25) is 4.79 Å². The minimum absolute atomic E-state index is 0.0146. The Morgan fingerprint density at radius 2 is 1.09 bits per heavy atom. The van der Waals surface area contributed by atoms with Crippen molar-refractivity contribution in [2.75, 3.05) is 0 Å². The van der Waals surface area contributed by atoms with E-state index in [1.165, 1.54) is 52.9 Å². The molecule has 1 heterocycles. The van der Waals surface area contributed by atoms with Crippen molar-refractivity contribution in [3.05, 3.63) is 121 Å². The largest absolute Gasteiger partial charge is 0.462 e. The monoisotopic (exact) mass is 758 g/mol. The van der Waals surface area contributed by atoms with Crippen molar-refractivity contribution >= 4 is 43.4 Å². The molecule has 0 N–H and O–H groups in total. The first-order valence-corrected chi connectivity index (χ1v) is 24.5. The number of carbonyl (C=O) groups excluding carboxylic acids is 1. The van der Waals surface area contributed by atoms with Crippen LogP contribution in [0.4, 0.5) is 0 Å². The molecule has 54 heavy (non-hydrogen) atoms. The summed E-state index contributed by atoms with van der Waals surface area (Å²) in [6, 6.07) is 44.3. The second-order valence-electron chi connectivity index (χ2n) is 18.4. The highest BCUT2D eigenvalue weighted by Crippen LogP contribution is 2.49. The molecule has 6 heteroatoms. The van der Waals surface area contributed by atoms with Crippen molar-refractivity contribution in [2.45, 2.75) is 128 Å². The van der Waals surface area contributed by atoms with Gasteiger partial charge in [-0.05, 0) is 68.3 Å². The highest BCUT2D eigenvalue weighted by atomic mass is 28.4. The standard InChI is InChI=1S/C48H62O4Si2/c1-47(2,3)53(37-24-14-8-15-25-37,38-26-16-9-17-27-38)51-43(36-22-12-7-13-23-36)33-32-41-42-34-46(49)50-44(42)35-45(41)52-54(48(4,5)6,39-28-18-10-19-29-39)40-30-20-11-21-31-40/h8-11,14-21,24-31,36,41-45H,7,12-13,22-23,32-35H2,1-6H3/t41?,42?,43-,44+,45?/m1/s1. The molecule has 4 aromatic rings. The average molecular weight is 759 g/mol. The second-order valence-corrected chi connectivity index (χ2v) is 26.9. The van der Waals surface area contributed by atoms with Crippen molar-refractivity contribution in [3.63, 3.8) is 0 Å². The van der Waals surface area contributed by atoms with Crippen LogP contribution in [0.2, 0.25) is 10.1 Å². The number of esters is 1. The zero-order chi connectivity index (χ0) is 38.0. The third kappa shape index (κ3) is 7.48. The van der Waals surface area contributed by atoms with E-state index < -0.39 is 16.6 Å². The molecular weight excluding hydrogens is 697 g/mol. The van der Waals surface area contributed by atoms with Gasteiger partial charge in [-0.25, -0.2) is 0 Å². The van der Waals surface area contributed by atoms with E-state index in [-0.39, 0.29) is 46.2 Å². The number of hydrogen-bond acceptors (Lipinski definition) is 4. The highest BCUT2D eigenvalue weighted by Gasteiger charge is 2.58. The topological polar surface area (TPSA) is 44.8 Å². The summed E-state index contributed by atoms with van der Waals surface area (Å²) in [4.78, 5) is 12.9. The Bertz CT molecular complexity index is 1720. The summed E-state index contributed by atoms with van der Waals surface area (Å²) in [5.41, 5.74) is 0. The van der Waals surface area contributed by atoms with Crippen LogP contribution in [0.25, 0.3) is 0 Å². The van der Waals surface area contributed by atoms with Crippen molar-refractivity contribution < 1.29 is 18.4 Å². The molecule has 1 saturated heterocycles. The summed E-state index contributed by atoms with van der Waals surface area (Å²) in [7, 11) is -5.61. The Morgan fingerprint density at radius 3 is 1.54 bits per heavy atom. The molecular formula is C48H62O4Si2. The van der Waals surface area contributed by atoms with Gasteiger partial charge in [0, 0.05) is 18.4 Å². The molecule has 1 aliphatic heterocycles. The molecule has 4 nitrogen and oxygen atoms in total. The minimum atomic E-state index is -2.83. The van der Waals surface area contributed by atoms with Crippen LogP contribution >= 0.6 is 0 Å². The zero-order valence-electron chi connectivity index (χ0n) is 33.5. The summed E-state index contributed by atoms with van der Waals surface area (Å²) in [6.07, 6.45) is 9.43. The fourth-order valence-corrected chi connectivity index (χ4v) is 20.1. The Hall–Kier alpha value is -3.30. The van der Waals surface area contributed by atoms with Crippen molar-refractivity contribution in [3.8, 4) is 0 Å². The maximum atomic E-state index is 12.9. The molecule has 3 unspecified atom stereocenters. The van der Waals surface area contributed by atoms with Gasteiger partial charge in [0.1, 0.15) is 6.10 Å². The minimum Gasteiger partial charge on any atom is -0.462 e. The van der Waals surface area contributed by atoms with Crippen molar-refractivity contribution in [1.82, 2.24) is 0 Å². The van der Waals surface area contributed by atoms with Gasteiger partial charge in [0.2, 0.25) is 0 Å². The van der Waals surface area contributed by atoms with Crippen LogP contribution in [0.3, 0.4) is 0 Å². The second kappa shape index (κ2) is 16.1. The smallest absolute Gasteiger partial charge is 0.306 e. The average Bonchev–Trinajstić information content (AvgIpc) is 3.69. The third-order valence-corrected chi connectivity index (χ3v) is 23.2. The lowest BCUT2D eigenvalue weighted by molar-refractivity contribution is -0.141. The highest BCUT2D eigenvalue weighted by molar-refractivity contribution is 7.00. The van der Waals surface area contributed by atoms with Crippen molar-refractivity contribution in [1.29, 1.82) is 0 Å². The van der Waals surface area contributed by atoms with Gasteiger partial charge < -0.3 is 13.6 Å². The Kier molecular flexibility index (Phi) is 11.6. The molecule has 0 amide bonds. The van der Waals surface area contributed by atoms with Crippen LogP contribution in [0, 0.1) is 17.8 Å². The lowest BCUT2D eigenvalue weighted by atomic mass is 9.81. The van der Waals surface area contributed by atoms with Crippen LogP contribution < -0.4 is 20.7 Å². The molecule has 2 aliphatic carbocycles. The van der Waals surface area contributed by atoms with E-state index in [2.05, 4.69) is 163 Å². The maximum Gasteiger partial charge on any atom is 0.306 e. The third-order valence-electron chi connectivity index (χ3n) is 13.1. The number of carbonyl (C=O) groups is 1. The van der Waals surface area contributed by atoms with E-state index >= 15 is 0 Å². The molecule has 0 radical (unpaired) electrons. The van der Waals surface area contributed by atoms with Crippen LogP contribution in [-0.4, -0.2) is 40.9 Å².